The predicted octanol–water partition coefficient (Wildman–Crippen LogP) is 6.08. The van der Waals surface area contributed by atoms with Gasteiger partial charge in [-0.25, -0.2) is 18.3 Å². The number of aromatic amines is 1. The average molecular weight is 777 g/mol. The van der Waals surface area contributed by atoms with Crippen LogP contribution in [-0.4, -0.2) is 87.8 Å². The van der Waals surface area contributed by atoms with Gasteiger partial charge in [0.15, 0.2) is 0 Å². The number of piperidine rings is 1. The van der Waals surface area contributed by atoms with Crippen LogP contribution in [0, 0.1) is 30.1 Å². The largest absolute Gasteiger partial charge is 0.355 e. The summed E-state index contributed by atoms with van der Waals surface area (Å²) in [7, 11) is 1.87. The van der Waals surface area contributed by atoms with Crippen molar-refractivity contribution in [1.29, 1.82) is 5.26 Å². The van der Waals surface area contributed by atoms with Crippen LogP contribution in [0.15, 0.2) is 52.9 Å². The van der Waals surface area contributed by atoms with Crippen LogP contribution in [0.5, 0.6) is 0 Å². The number of alkyl halides is 2. The molecule has 17 heteroatoms. The number of likely N-dealkylation sites (tertiary alicyclic amines) is 1. The van der Waals surface area contributed by atoms with Gasteiger partial charge < -0.3 is 4.90 Å². The summed E-state index contributed by atoms with van der Waals surface area (Å²) in [4.78, 5) is 27.8. The molecule has 2 fully saturated rings. The first-order chi connectivity index (χ1) is 26.6. The molecular weight excluding hydrogens is 746 g/mol. The number of nitriles is 1. The Labute approximate surface area is 321 Å². The van der Waals surface area contributed by atoms with Crippen LogP contribution in [0.25, 0.3) is 49.3 Å². The van der Waals surface area contributed by atoms with Crippen molar-refractivity contribution in [1.82, 2.24) is 49.7 Å². The second kappa shape index (κ2) is 13.5. The Kier molecular flexibility index (Phi) is 8.57. The van der Waals surface area contributed by atoms with E-state index in [0.717, 1.165) is 39.7 Å². The van der Waals surface area contributed by atoms with Crippen molar-refractivity contribution in [3.8, 4) is 40.4 Å². The quantitative estimate of drug-likeness (QED) is 0.197. The third kappa shape index (κ3) is 6.07. The molecule has 7 aromatic rings. The number of fused-ring (bicyclic) bond motifs is 4. The number of rotatable bonds is 6. The van der Waals surface area contributed by atoms with Gasteiger partial charge in [0.1, 0.15) is 23.1 Å². The van der Waals surface area contributed by atoms with Crippen LogP contribution >= 0.6 is 22.9 Å². The lowest BCUT2D eigenvalue weighted by molar-refractivity contribution is -0.127. The lowest BCUT2D eigenvalue weighted by Crippen LogP contribution is -2.55. The molecule has 0 radical (unpaired) electrons. The van der Waals surface area contributed by atoms with Crippen molar-refractivity contribution < 1.29 is 8.78 Å². The zero-order valence-electron chi connectivity index (χ0n) is 29.6. The molecule has 1 aliphatic heterocycles. The molecule has 276 valence electrons. The number of benzene rings is 1. The van der Waals surface area contributed by atoms with Crippen LogP contribution < -0.4 is 10.5 Å². The van der Waals surface area contributed by atoms with Crippen LogP contribution in [-0.2, 0) is 6.54 Å². The zero-order valence-corrected chi connectivity index (χ0v) is 31.2. The Morgan fingerprint density at radius 1 is 1.13 bits per heavy atom. The molecule has 1 saturated carbocycles. The first kappa shape index (κ1) is 34.9. The second-order valence-corrected chi connectivity index (χ2v) is 15.3. The summed E-state index contributed by atoms with van der Waals surface area (Å²) in [5, 5.41) is 32.3. The van der Waals surface area contributed by atoms with Crippen molar-refractivity contribution in [3.05, 3.63) is 80.3 Å². The Balaban J connectivity index is 1.07. The minimum atomic E-state index is -2.56. The van der Waals surface area contributed by atoms with Gasteiger partial charge in [-0.05, 0) is 49.2 Å². The SMILES string of the molecule is Cc1cc2n(CC#Cc3ccc(Cl)cc3-c3ccnc4c(-c5nn[nH]n5)csc34)c(=O)c3c(C#N)c(N(C)C4CCN(C5CC(F)(F)C5)CC4)ncc3n2n1. The fraction of sp³-hybridized carbons (Fsp3) is 0.316. The van der Waals surface area contributed by atoms with E-state index in [2.05, 4.69) is 53.5 Å². The molecule has 1 N–H and O–H groups in total. The maximum absolute atomic E-state index is 14.5. The van der Waals surface area contributed by atoms with E-state index >= 15 is 0 Å². The highest BCUT2D eigenvalue weighted by Gasteiger charge is 2.48. The molecule has 55 heavy (non-hydrogen) atoms. The number of H-pyrrole nitrogens is 1. The van der Waals surface area contributed by atoms with E-state index in [1.54, 1.807) is 29.0 Å². The molecule has 0 unspecified atom stereocenters. The van der Waals surface area contributed by atoms with Gasteiger partial charge in [-0.3, -0.25) is 19.2 Å². The molecule has 0 bridgehead atoms. The molecule has 6 aromatic heterocycles. The highest BCUT2D eigenvalue weighted by Crippen LogP contribution is 2.42. The van der Waals surface area contributed by atoms with E-state index in [9.17, 15) is 18.8 Å². The predicted molar refractivity (Wildman–Crippen MR) is 205 cm³/mol. The molecule has 0 atom stereocenters. The fourth-order valence-corrected chi connectivity index (χ4v) is 9.03. The topological polar surface area (TPSA) is 150 Å². The van der Waals surface area contributed by atoms with Crippen molar-refractivity contribution in [2.75, 3.05) is 25.0 Å². The first-order valence-corrected chi connectivity index (χ1v) is 18.9. The number of hydrogen-bond donors (Lipinski definition) is 1. The summed E-state index contributed by atoms with van der Waals surface area (Å²) in [6, 6.07) is 11.4. The van der Waals surface area contributed by atoms with Crippen LogP contribution in [0.3, 0.4) is 0 Å². The maximum atomic E-state index is 14.5. The van der Waals surface area contributed by atoms with Crippen molar-refractivity contribution in [2.24, 2.45) is 0 Å². The van der Waals surface area contributed by atoms with E-state index in [-0.39, 0.29) is 48.0 Å². The number of halogens is 3. The number of nitrogens with one attached hydrogen (secondary N) is 1. The molecule has 9 rings (SSSR count). The minimum absolute atomic E-state index is 0.00917. The minimum Gasteiger partial charge on any atom is -0.355 e. The highest BCUT2D eigenvalue weighted by atomic mass is 35.5. The molecule has 13 nitrogen and oxygen atoms in total. The average Bonchev–Trinajstić information content (AvgIpc) is 3.95. The van der Waals surface area contributed by atoms with Gasteiger partial charge in [0.05, 0.1) is 45.1 Å². The van der Waals surface area contributed by atoms with Gasteiger partial charge in [-0.15, -0.1) is 21.5 Å². The monoisotopic (exact) mass is 776 g/mol. The Morgan fingerprint density at radius 2 is 1.95 bits per heavy atom. The number of nitrogens with zero attached hydrogens (tertiary/aromatic N) is 11. The lowest BCUT2D eigenvalue weighted by atomic mass is 9.85. The molecule has 2 aliphatic rings. The number of tetrazole rings is 1. The third-order valence-corrected chi connectivity index (χ3v) is 11.9. The Bertz CT molecular complexity index is 2800. The number of aryl methyl sites for hydroxylation is 1. The molecule has 1 aliphatic carbocycles. The summed E-state index contributed by atoms with van der Waals surface area (Å²) in [5.41, 5.74) is 5.25. The Morgan fingerprint density at radius 3 is 2.69 bits per heavy atom. The molecular formula is C38H31ClF2N12OS. The van der Waals surface area contributed by atoms with E-state index in [4.69, 9.17) is 16.6 Å². The second-order valence-electron chi connectivity index (χ2n) is 14.0. The molecule has 1 aromatic carbocycles. The molecule has 7 heterocycles. The summed E-state index contributed by atoms with van der Waals surface area (Å²) in [6.07, 6.45) is 4.58. The van der Waals surface area contributed by atoms with E-state index in [1.165, 1.54) is 15.9 Å². The first-order valence-electron chi connectivity index (χ1n) is 17.7. The lowest BCUT2D eigenvalue weighted by Gasteiger charge is -2.46. The Hall–Kier alpha value is -5.81. The van der Waals surface area contributed by atoms with Crippen molar-refractivity contribution in [2.45, 2.75) is 57.2 Å². The number of hydrogen-bond acceptors (Lipinski definition) is 11. The summed E-state index contributed by atoms with van der Waals surface area (Å²) in [5.74, 6) is 4.76. The number of pyridine rings is 2. The van der Waals surface area contributed by atoms with Crippen molar-refractivity contribution >= 4 is 55.5 Å². The van der Waals surface area contributed by atoms with Crippen LogP contribution in [0.2, 0.25) is 5.02 Å². The summed E-state index contributed by atoms with van der Waals surface area (Å²) < 4.78 is 31.2. The van der Waals surface area contributed by atoms with Gasteiger partial charge in [0.25, 0.3) is 11.5 Å². The highest BCUT2D eigenvalue weighted by molar-refractivity contribution is 7.18. The maximum Gasteiger partial charge on any atom is 0.264 e. The number of thiophene rings is 1. The standard InChI is InChI=1S/C38H31ClF2N12OS/c1-21-14-31-52(11-3-4-22-5-6-23(39)15-27(22)26-7-10-43-33-29(20-55-34(26)33)35-45-48-49-46-35)37(54)32-28(18-42)36(44-19-30(32)53(31)47-21)50(2)24-8-12-51(13-9-24)25-16-38(40,41)17-25/h5-7,10,14-15,19-20,24-25H,8-9,11-13,16-17H2,1-2H3,(H,45,46,48,49). The number of aromatic nitrogens is 9. The van der Waals surface area contributed by atoms with Gasteiger partial charge >= 0.3 is 0 Å². The smallest absolute Gasteiger partial charge is 0.264 e. The van der Waals surface area contributed by atoms with Crippen LogP contribution in [0.4, 0.5) is 14.6 Å². The van der Waals surface area contributed by atoms with E-state index < -0.39 is 5.92 Å². The van der Waals surface area contributed by atoms with Gasteiger partial charge in [0.2, 0.25) is 5.82 Å². The number of anilines is 1. The van der Waals surface area contributed by atoms with Gasteiger partial charge in [0, 0.05) is 84.4 Å². The van der Waals surface area contributed by atoms with Gasteiger partial charge in [-0.2, -0.15) is 15.6 Å². The molecule has 0 amide bonds. The fourth-order valence-electron chi connectivity index (χ4n) is 7.83. The third-order valence-electron chi connectivity index (χ3n) is 10.7. The van der Waals surface area contributed by atoms with E-state index in [0.29, 0.717) is 52.2 Å². The van der Waals surface area contributed by atoms with E-state index in [1.807, 2.05) is 42.5 Å². The zero-order chi connectivity index (χ0) is 38.0. The summed E-state index contributed by atoms with van der Waals surface area (Å²) in [6.45, 7) is 3.20. The summed E-state index contributed by atoms with van der Waals surface area (Å²) >= 11 is 8.02. The van der Waals surface area contributed by atoms with Crippen molar-refractivity contribution in [3.63, 3.8) is 0 Å². The molecule has 0 spiro atoms. The molecule has 1 saturated heterocycles. The van der Waals surface area contributed by atoms with Crippen LogP contribution in [0.1, 0.15) is 42.5 Å². The van der Waals surface area contributed by atoms with Gasteiger partial charge in [-0.1, -0.05) is 23.4 Å². The normalized spacial score (nSPS) is 16.3.